The SMILES string of the molecule is CCCCCCCCCCOC(=O)c1ccccc1C(=O)OCC1(CC)COCOC1. The van der Waals surface area contributed by atoms with Crippen LogP contribution in [0.5, 0.6) is 0 Å². The average molecular weight is 435 g/mol. The van der Waals surface area contributed by atoms with Crippen LogP contribution in [-0.4, -0.2) is 45.2 Å². The molecule has 0 saturated carbocycles. The predicted octanol–water partition coefficient (Wildman–Crippen LogP) is 5.54. The van der Waals surface area contributed by atoms with Gasteiger partial charge in [0.1, 0.15) is 13.4 Å². The van der Waals surface area contributed by atoms with Crippen molar-refractivity contribution in [3.8, 4) is 0 Å². The van der Waals surface area contributed by atoms with Crippen LogP contribution in [0.4, 0.5) is 0 Å². The molecule has 0 N–H and O–H groups in total. The number of hydrogen-bond acceptors (Lipinski definition) is 6. The summed E-state index contributed by atoms with van der Waals surface area (Å²) in [4.78, 5) is 25.2. The maximum atomic E-state index is 12.7. The van der Waals surface area contributed by atoms with Crippen LogP contribution in [0.25, 0.3) is 0 Å². The minimum atomic E-state index is -0.530. The van der Waals surface area contributed by atoms with Gasteiger partial charge in [0.15, 0.2) is 0 Å². The highest BCUT2D eigenvalue weighted by atomic mass is 16.7. The van der Waals surface area contributed by atoms with Gasteiger partial charge in [0.05, 0.1) is 36.4 Å². The standard InChI is InChI=1S/C25H38O6/c1-3-5-6-7-8-9-10-13-16-30-23(26)21-14-11-12-15-22(21)24(27)31-19-25(4-2)17-28-20-29-18-25/h11-12,14-15H,3-10,13,16-20H2,1-2H3. The Labute approximate surface area is 186 Å². The van der Waals surface area contributed by atoms with Crippen molar-refractivity contribution in [1.82, 2.24) is 0 Å². The molecule has 0 atom stereocenters. The van der Waals surface area contributed by atoms with Gasteiger partial charge in [0, 0.05) is 0 Å². The lowest BCUT2D eigenvalue weighted by molar-refractivity contribution is -0.177. The third-order valence-corrected chi connectivity index (χ3v) is 5.84. The second-order valence-corrected chi connectivity index (χ2v) is 8.40. The number of carbonyl (C=O) groups excluding carboxylic acids is 2. The van der Waals surface area contributed by atoms with Gasteiger partial charge in [0.2, 0.25) is 0 Å². The summed E-state index contributed by atoms with van der Waals surface area (Å²) in [6, 6.07) is 6.64. The Morgan fingerprint density at radius 2 is 1.39 bits per heavy atom. The molecule has 0 radical (unpaired) electrons. The van der Waals surface area contributed by atoms with Crippen LogP contribution in [0, 0.1) is 5.41 Å². The molecule has 6 nitrogen and oxygen atoms in total. The van der Waals surface area contributed by atoms with Crippen molar-refractivity contribution in [2.45, 2.75) is 71.6 Å². The smallest absolute Gasteiger partial charge is 0.339 e. The van der Waals surface area contributed by atoms with E-state index in [1.807, 2.05) is 6.92 Å². The zero-order valence-corrected chi connectivity index (χ0v) is 19.2. The largest absolute Gasteiger partial charge is 0.462 e. The number of rotatable bonds is 14. The van der Waals surface area contributed by atoms with Crippen LogP contribution in [0.15, 0.2) is 24.3 Å². The van der Waals surface area contributed by atoms with Crippen molar-refractivity contribution in [2.75, 3.05) is 33.2 Å². The number of esters is 2. The molecule has 1 aromatic carbocycles. The lowest BCUT2D eigenvalue weighted by Crippen LogP contribution is -2.41. The van der Waals surface area contributed by atoms with E-state index in [0.29, 0.717) is 19.8 Å². The first-order chi connectivity index (χ1) is 15.1. The maximum Gasteiger partial charge on any atom is 0.339 e. The number of carbonyl (C=O) groups is 2. The number of hydrogen-bond donors (Lipinski definition) is 0. The van der Waals surface area contributed by atoms with E-state index in [2.05, 4.69) is 6.92 Å². The van der Waals surface area contributed by atoms with Gasteiger partial charge in [-0.25, -0.2) is 9.59 Å². The summed E-state index contributed by atoms with van der Waals surface area (Å²) >= 11 is 0. The molecule has 1 fully saturated rings. The third kappa shape index (κ3) is 8.62. The summed E-state index contributed by atoms with van der Waals surface area (Å²) in [6.07, 6.45) is 10.2. The van der Waals surface area contributed by atoms with Gasteiger partial charge in [0.25, 0.3) is 0 Å². The molecule has 174 valence electrons. The molecule has 1 heterocycles. The Morgan fingerprint density at radius 3 is 1.97 bits per heavy atom. The molecule has 31 heavy (non-hydrogen) atoms. The van der Waals surface area contributed by atoms with E-state index in [0.717, 1.165) is 25.7 Å². The normalized spacial score (nSPS) is 15.4. The van der Waals surface area contributed by atoms with Gasteiger partial charge in [-0.3, -0.25) is 0 Å². The van der Waals surface area contributed by atoms with Gasteiger partial charge in [-0.05, 0) is 25.0 Å². The minimum absolute atomic E-state index is 0.184. The monoisotopic (exact) mass is 434 g/mol. The Balaban J connectivity index is 1.78. The Kier molecular flexibility index (Phi) is 11.6. The second-order valence-electron chi connectivity index (χ2n) is 8.40. The highest BCUT2D eigenvalue weighted by Crippen LogP contribution is 2.27. The van der Waals surface area contributed by atoms with Gasteiger partial charge in [-0.1, -0.05) is 70.9 Å². The van der Waals surface area contributed by atoms with Crippen molar-refractivity contribution in [1.29, 1.82) is 0 Å². The average Bonchev–Trinajstić information content (AvgIpc) is 2.82. The molecule has 1 aromatic rings. The second kappa shape index (κ2) is 14.2. The van der Waals surface area contributed by atoms with Crippen LogP contribution in [0.2, 0.25) is 0 Å². The molecule has 0 bridgehead atoms. The minimum Gasteiger partial charge on any atom is -0.462 e. The molecular formula is C25H38O6. The Bertz CT molecular complexity index is 666. The fourth-order valence-corrected chi connectivity index (χ4v) is 3.62. The third-order valence-electron chi connectivity index (χ3n) is 5.84. The van der Waals surface area contributed by atoms with Crippen molar-refractivity contribution < 1.29 is 28.5 Å². The lowest BCUT2D eigenvalue weighted by atomic mass is 9.87. The van der Waals surface area contributed by atoms with E-state index >= 15 is 0 Å². The van der Waals surface area contributed by atoms with E-state index < -0.39 is 11.9 Å². The fraction of sp³-hybridized carbons (Fsp3) is 0.680. The molecule has 1 aliphatic heterocycles. The van der Waals surface area contributed by atoms with Crippen molar-refractivity contribution >= 4 is 11.9 Å². The summed E-state index contributed by atoms with van der Waals surface area (Å²) in [7, 11) is 0. The van der Waals surface area contributed by atoms with E-state index in [-0.39, 0.29) is 29.9 Å². The van der Waals surface area contributed by atoms with Crippen LogP contribution in [0.3, 0.4) is 0 Å². The predicted molar refractivity (Wildman–Crippen MR) is 119 cm³/mol. The van der Waals surface area contributed by atoms with Crippen LogP contribution in [0.1, 0.15) is 92.4 Å². The maximum absolute atomic E-state index is 12.7. The summed E-state index contributed by atoms with van der Waals surface area (Å²) < 4.78 is 21.7. The quantitative estimate of drug-likeness (QED) is 0.283. The molecule has 1 saturated heterocycles. The molecule has 1 aliphatic rings. The van der Waals surface area contributed by atoms with Crippen molar-refractivity contribution in [3.05, 3.63) is 35.4 Å². The zero-order chi connectivity index (χ0) is 22.4. The highest BCUT2D eigenvalue weighted by molar-refractivity contribution is 6.03. The highest BCUT2D eigenvalue weighted by Gasteiger charge is 2.34. The van der Waals surface area contributed by atoms with Crippen LogP contribution in [-0.2, 0) is 18.9 Å². The van der Waals surface area contributed by atoms with Crippen LogP contribution >= 0.6 is 0 Å². The summed E-state index contributed by atoms with van der Waals surface area (Å²) in [6.45, 7) is 6.02. The lowest BCUT2D eigenvalue weighted by Gasteiger charge is -2.35. The van der Waals surface area contributed by atoms with Gasteiger partial charge in [-0.2, -0.15) is 0 Å². The van der Waals surface area contributed by atoms with E-state index in [9.17, 15) is 9.59 Å². The van der Waals surface area contributed by atoms with Gasteiger partial charge >= 0.3 is 11.9 Å². The number of ether oxygens (including phenoxy) is 4. The summed E-state index contributed by atoms with van der Waals surface area (Å²) in [5.41, 5.74) is 0.126. The Hall–Kier alpha value is -1.92. The molecule has 0 unspecified atom stereocenters. The fourth-order valence-electron chi connectivity index (χ4n) is 3.62. The molecule has 6 heteroatoms. The molecule has 0 amide bonds. The first-order valence-corrected chi connectivity index (χ1v) is 11.7. The van der Waals surface area contributed by atoms with Gasteiger partial charge < -0.3 is 18.9 Å². The first-order valence-electron chi connectivity index (χ1n) is 11.7. The van der Waals surface area contributed by atoms with Crippen molar-refractivity contribution in [2.24, 2.45) is 5.41 Å². The Morgan fingerprint density at radius 1 is 0.839 bits per heavy atom. The topological polar surface area (TPSA) is 71.1 Å². The molecule has 0 aromatic heterocycles. The zero-order valence-electron chi connectivity index (χ0n) is 19.2. The van der Waals surface area contributed by atoms with Crippen molar-refractivity contribution in [3.63, 3.8) is 0 Å². The summed E-state index contributed by atoms with van der Waals surface area (Å²) in [5.74, 6) is -1.01. The van der Waals surface area contributed by atoms with Crippen LogP contribution < -0.4 is 0 Å². The summed E-state index contributed by atoms with van der Waals surface area (Å²) in [5, 5.41) is 0. The van der Waals surface area contributed by atoms with E-state index in [1.54, 1.807) is 24.3 Å². The molecular weight excluding hydrogens is 396 g/mol. The number of benzene rings is 1. The van der Waals surface area contributed by atoms with E-state index in [1.165, 1.54) is 32.1 Å². The molecule has 2 rings (SSSR count). The van der Waals surface area contributed by atoms with Gasteiger partial charge in [-0.15, -0.1) is 0 Å². The molecule has 0 aliphatic carbocycles. The number of unbranched alkanes of at least 4 members (excludes halogenated alkanes) is 7. The first kappa shape index (κ1) is 25.3. The van der Waals surface area contributed by atoms with E-state index in [4.69, 9.17) is 18.9 Å². The molecule has 0 spiro atoms.